The second-order valence-electron chi connectivity index (χ2n) is 6.49. The second kappa shape index (κ2) is 7.04. The summed E-state index contributed by atoms with van der Waals surface area (Å²) in [6, 6.07) is 12.7. The third-order valence-electron chi connectivity index (χ3n) is 4.28. The zero-order valence-electron chi connectivity index (χ0n) is 14.0. The minimum atomic E-state index is -0.478. The van der Waals surface area contributed by atoms with E-state index < -0.39 is 5.82 Å². The number of halogens is 1. The Morgan fingerprint density at radius 1 is 1.29 bits per heavy atom. The van der Waals surface area contributed by atoms with Gasteiger partial charge in [0.25, 0.3) is 0 Å². The molecule has 2 aromatic rings. The van der Waals surface area contributed by atoms with E-state index >= 15 is 0 Å². The van der Waals surface area contributed by atoms with Crippen LogP contribution in [-0.2, 0) is 11.2 Å². The summed E-state index contributed by atoms with van der Waals surface area (Å²) < 4.78 is 19.6. The Bertz CT molecular complexity index is 742. The van der Waals surface area contributed by atoms with Crippen molar-refractivity contribution in [3.8, 4) is 5.75 Å². The van der Waals surface area contributed by atoms with Crippen LogP contribution in [0.5, 0.6) is 5.75 Å². The average Bonchev–Trinajstić information content (AvgIpc) is 2.93. The number of rotatable bonds is 5. The molecule has 0 bridgehead atoms. The minimum absolute atomic E-state index is 0.0210. The lowest BCUT2D eigenvalue weighted by Gasteiger charge is -2.14. The van der Waals surface area contributed by atoms with Gasteiger partial charge in [-0.2, -0.15) is 0 Å². The van der Waals surface area contributed by atoms with Gasteiger partial charge in [0.05, 0.1) is 11.8 Å². The van der Waals surface area contributed by atoms with Crippen molar-refractivity contribution < 1.29 is 13.9 Å². The van der Waals surface area contributed by atoms with E-state index in [1.54, 1.807) is 12.1 Å². The Hall–Kier alpha value is -2.36. The molecule has 1 aliphatic rings. The van der Waals surface area contributed by atoms with Crippen LogP contribution in [0.25, 0.3) is 0 Å². The van der Waals surface area contributed by atoms with Crippen LogP contribution in [0.1, 0.15) is 43.7 Å². The first-order chi connectivity index (χ1) is 11.5. The van der Waals surface area contributed by atoms with E-state index in [2.05, 4.69) is 17.4 Å². The van der Waals surface area contributed by atoms with Crippen molar-refractivity contribution >= 4 is 11.6 Å². The van der Waals surface area contributed by atoms with Crippen LogP contribution < -0.4 is 10.1 Å². The summed E-state index contributed by atoms with van der Waals surface area (Å²) in [5.41, 5.74) is 2.76. The number of fused-ring (bicyclic) bond motifs is 1. The SMILES string of the molecule is CC(C)Oc1ccc(NC(=O)CC2CCc3ccccc32)c(F)c1. The molecule has 0 heterocycles. The number of carbonyl (C=O) groups excluding carboxylic acids is 1. The van der Waals surface area contributed by atoms with Crippen molar-refractivity contribution in [3.63, 3.8) is 0 Å². The van der Waals surface area contributed by atoms with Crippen LogP contribution in [0.2, 0.25) is 0 Å². The predicted molar refractivity (Wildman–Crippen MR) is 92.9 cm³/mol. The van der Waals surface area contributed by atoms with Gasteiger partial charge in [-0.15, -0.1) is 0 Å². The molecule has 1 amide bonds. The monoisotopic (exact) mass is 327 g/mol. The smallest absolute Gasteiger partial charge is 0.225 e. The Balaban J connectivity index is 1.63. The fourth-order valence-corrected chi connectivity index (χ4v) is 3.23. The van der Waals surface area contributed by atoms with E-state index in [4.69, 9.17) is 4.74 Å². The van der Waals surface area contributed by atoms with Crippen LogP contribution in [-0.4, -0.2) is 12.0 Å². The molecule has 4 heteroatoms. The second-order valence-corrected chi connectivity index (χ2v) is 6.49. The zero-order chi connectivity index (χ0) is 17.1. The lowest BCUT2D eigenvalue weighted by molar-refractivity contribution is -0.116. The number of benzene rings is 2. The van der Waals surface area contributed by atoms with Crippen molar-refractivity contribution in [2.24, 2.45) is 0 Å². The zero-order valence-corrected chi connectivity index (χ0v) is 14.0. The Kier molecular flexibility index (Phi) is 4.84. The van der Waals surface area contributed by atoms with Gasteiger partial charge in [0.2, 0.25) is 5.91 Å². The van der Waals surface area contributed by atoms with Gasteiger partial charge in [0, 0.05) is 12.5 Å². The largest absolute Gasteiger partial charge is 0.491 e. The Labute approximate surface area is 141 Å². The van der Waals surface area contributed by atoms with Gasteiger partial charge >= 0.3 is 0 Å². The van der Waals surface area contributed by atoms with Crippen molar-refractivity contribution in [1.82, 2.24) is 0 Å². The third-order valence-corrected chi connectivity index (χ3v) is 4.28. The normalized spacial score (nSPS) is 16.1. The number of amides is 1. The molecule has 2 aromatic carbocycles. The molecule has 1 unspecified atom stereocenters. The third kappa shape index (κ3) is 3.75. The molecule has 24 heavy (non-hydrogen) atoms. The van der Waals surface area contributed by atoms with E-state index in [0.717, 1.165) is 12.8 Å². The fraction of sp³-hybridized carbons (Fsp3) is 0.350. The van der Waals surface area contributed by atoms with Gasteiger partial charge in [0.1, 0.15) is 11.6 Å². The van der Waals surface area contributed by atoms with E-state index in [-0.39, 0.29) is 23.6 Å². The molecule has 126 valence electrons. The van der Waals surface area contributed by atoms with Crippen LogP contribution in [0, 0.1) is 5.82 Å². The minimum Gasteiger partial charge on any atom is -0.491 e. The highest BCUT2D eigenvalue weighted by atomic mass is 19.1. The summed E-state index contributed by atoms with van der Waals surface area (Å²) in [5, 5.41) is 2.68. The van der Waals surface area contributed by atoms with Crippen LogP contribution in [0.4, 0.5) is 10.1 Å². The predicted octanol–water partition coefficient (Wildman–Crippen LogP) is 4.67. The van der Waals surface area contributed by atoms with Gasteiger partial charge in [-0.05, 0) is 55.9 Å². The number of hydrogen-bond donors (Lipinski definition) is 1. The molecule has 0 fully saturated rings. The molecule has 1 atom stereocenters. The van der Waals surface area contributed by atoms with Gasteiger partial charge in [0.15, 0.2) is 0 Å². The molecule has 0 aromatic heterocycles. The molecule has 0 saturated carbocycles. The number of carbonyl (C=O) groups is 1. The molecule has 1 N–H and O–H groups in total. The van der Waals surface area contributed by atoms with Gasteiger partial charge in [-0.1, -0.05) is 24.3 Å². The van der Waals surface area contributed by atoms with Gasteiger partial charge in [-0.25, -0.2) is 4.39 Å². The highest BCUT2D eigenvalue weighted by Crippen LogP contribution is 2.35. The average molecular weight is 327 g/mol. The highest BCUT2D eigenvalue weighted by Gasteiger charge is 2.24. The molecule has 3 rings (SSSR count). The molecule has 3 nitrogen and oxygen atoms in total. The summed E-state index contributed by atoms with van der Waals surface area (Å²) >= 11 is 0. The van der Waals surface area contributed by atoms with E-state index in [1.807, 2.05) is 26.0 Å². The van der Waals surface area contributed by atoms with E-state index in [1.165, 1.54) is 17.2 Å². The maximum Gasteiger partial charge on any atom is 0.225 e. The number of hydrogen-bond acceptors (Lipinski definition) is 2. The molecule has 0 radical (unpaired) electrons. The van der Waals surface area contributed by atoms with Gasteiger partial charge in [-0.3, -0.25) is 4.79 Å². The summed E-state index contributed by atoms with van der Waals surface area (Å²) in [6.07, 6.45) is 2.33. The topological polar surface area (TPSA) is 38.3 Å². The molecule has 0 aliphatic heterocycles. The number of aryl methyl sites for hydroxylation is 1. The van der Waals surface area contributed by atoms with Crippen LogP contribution in [0.3, 0.4) is 0 Å². The number of ether oxygens (including phenoxy) is 1. The number of nitrogens with one attached hydrogen (secondary N) is 1. The Morgan fingerprint density at radius 2 is 2.08 bits per heavy atom. The maximum atomic E-state index is 14.1. The van der Waals surface area contributed by atoms with Crippen molar-refractivity contribution in [2.75, 3.05) is 5.32 Å². The fourth-order valence-electron chi connectivity index (χ4n) is 3.23. The quantitative estimate of drug-likeness (QED) is 0.866. The van der Waals surface area contributed by atoms with Crippen molar-refractivity contribution in [3.05, 3.63) is 59.4 Å². The summed E-state index contributed by atoms with van der Waals surface area (Å²) in [7, 11) is 0. The molecular formula is C20H22FNO2. The molecule has 0 saturated heterocycles. The van der Waals surface area contributed by atoms with Crippen LogP contribution in [0.15, 0.2) is 42.5 Å². The molecule has 0 spiro atoms. The van der Waals surface area contributed by atoms with Crippen molar-refractivity contribution in [1.29, 1.82) is 0 Å². The van der Waals surface area contributed by atoms with E-state index in [9.17, 15) is 9.18 Å². The highest BCUT2D eigenvalue weighted by molar-refractivity contribution is 5.91. The lowest BCUT2D eigenvalue weighted by atomic mass is 9.97. The first kappa shape index (κ1) is 16.5. The summed E-state index contributed by atoms with van der Waals surface area (Å²) in [5.74, 6) is 0.0412. The van der Waals surface area contributed by atoms with Crippen LogP contribution >= 0.6 is 0 Å². The Morgan fingerprint density at radius 3 is 2.83 bits per heavy atom. The summed E-state index contributed by atoms with van der Waals surface area (Å²) in [6.45, 7) is 3.76. The first-order valence-electron chi connectivity index (χ1n) is 8.37. The molecule has 1 aliphatic carbocycles. The molecular weight excluding hydrogens is 305 g/mol. The standard InChI is InChI=1S/C20H22FNO2/c1-13(2)24-16-9-10-19(18(21)12-16)22-20(23)11-15-8-7-14-5-3-4-6-17(14)15/h3-6,9-10,12-13,15H,7-8,11H2,1-2H3,(H,22,23). The first-order valence-corrected chi connectivity index (χ1v) is 8.37. The van der Waals surface area contributed by atoms with Crippen molar-refractivity contribution in [2.45, 2.75) is 45.1 Å². The van der Waals surface area contributed by atoms with Gasteiger partial charge < -0.3 is 10.1 Å². The van der Waals surface area contributed by atoms with E-state index in [0.29, 0.717) is 12.2 Å². The number of anilines is 1. The lowest BCUT2D eigenvalue weighted by Crippen LogP contribution is -2.15. The maximum absolute atomic E-state index is 14.1. The summed E-state index contributed by atoms with van der Waals surface area (Å²) in [4.78, 5) is 12.3.